The number of nitrogens with zero attached hydrogens (tertiary/aromatic N) is 4. The largest absolute Gasteiger partial charge is 0.497 e. The number of rotatable bonds is 5. The van der Waals surface area contributed by atoms with E-state index in [-0.39, 0.29) is 17.0 Å². The fraction of sp³-hybridized carbons (Fsp3) is 0.0370. The molecule has 0 bridgehead atoms. The summed E-state index contributed by atoms with van der Waals surface area (Å²) in [4.78, 5) is 19.8. The lowest BCUT2D eigenvalue weighted by Gasteiger charge is -2.04. The van der Waals surface area contributed by atoms with Crippen LogP contribution in [0.3, 0.4) is 0 Å². The third kappa shape index (κ3) is 4.43. The number of fused-ring (bicyclic) bond motifs is 1. The molecule has 0 aliphatic carbocycles. The van der Waals surface area contributed by atoms with Crippen LogP contribution in [0.4, 0.5) is 0 Å². The third-order valence-corrected chi connectivity index (χ3v) is 5.70. The topological polar surface area (TPSA) is 96.6 Å². The van der Waals surface area contributed by atoms with Crippen LogP contribution in [-0.2, 0) is 0 Å². The molecule has 0 saturated carbocycles. The molecular formula is C27H18ClN5O2. The predicted octanol–water partition coefficient (Wildman–Crippen LogP) is 5.50. The van der Waals surface area contributed by atoms with Gasteiger partial charge in [-0.15, -0.1) is 0 Å². The summed E-state index contributed by atoms with van der Waals surface area (Å²) in [5, 5.41) is 15.5. The zero-order valence-electron chi connectivity index (χ0n) is 18.6. The smallest absolute Gasteiger partial charge is 0.259 e. The Labute approximate surface area is 205 Å². The molecule has 0 amide bonds. The molecule has 7 nitrogen and oxygen atoms in total. The van der Waals surface area contributed by atoms with E-state index in [1.807, 2.05) is 60.8 Å². The Morgan fingerprint density at radius 2 is 1.89 bits per heavy atom. The van der Waals surface area contributed by atoms with Crippen molar-refractivity contribution in [1.29, 1.82) is 5.26 Å². The first-order chi connectivity index (χ1) is 17.1. The molecule has 5 rings (SSSR count). The highest BCUT2D eigenvalue weighted by atomic mass is 35.5. The van der Waals surface area contributed by atoms with Crippen LogP contribution in [0.15, 0.2) is 83.8 Å². The number of nitriles is 1. The van der Waals surface area contributed by atoms with E-state index in [4.69, 9.17) is 21.4 Å². The number of ether oxygens (including phenoxy) is 1. The van der Waals surface area contributed by atoms with Gasteiger partial charge in [0.05, 0.1) is 35.0 Å². The van der Waals surface area contributed by atoms with Gasteiger partial charge in [-0.2, -0.15) is 10.4 Å². The highest BCUT2D eigenvalue weighted by Crippen LogP contribution is 2.28. The average molecular weight is 480 g/mol. The van der Waals surface area contributed by atoms with E-state index in [1.54, 1.807) is 36.1 Å². The van der Waals surface area contributed by atoms with Gasteiger partial charge in [0.1, 0.15) is 11.8 Å². The van der Waals surface area contributed by atoms with E-state index in [1.165, 1.54) is 0 Å². The highest BCUT2D eigenvalue weighted by molar-refractivity contribution is 6.31. The third-order valence-electron chi connectivity index (χ3n) is 5.47. The first-order valence-corrected chi connectivity index (χ1v) is 11.0. The van der Waals surface area contributed by atoms with Crippen LogP contribution in [0, 0.1) is 11.3 Å². The van der Waals surface area contributed by atoms with Crippen LogP contribution >= 0.6 is 11.6 Å². The van der Waals surface area contributed by atoms with Gasteiger partial charge in [-0.1, -0.05) is 29.8 Å². The zero-order chi connectivity index (χ0) is 24.4. The van der Waals surface area contributed by atoms with Gasteiger partial charge in [-0.05, 0) is 60.7 Å². The van der Waals surface area contributed by atoms with Crippen LogP contribution in [0.1, 0.15) is 11.4 Å². The van der Waals surface area contributed by atoms with E-state index in [9.17, 15) is 10.1 Å². The molecule has 0 atom stereocenters. The lowest BCUT2D eigenvalue weighted by atomic mass is 10.1. The molecule has 170 valence electrons. The minimum absolute atomic E-state index is 0.167. The number of H-pyrrole nitrogens is 1. The van der Waals surface area contributed by atoms with E-state index in [0.717, 1.165) is 17.0 Å². The minimum atomic E-state index is -0.371. The van der Waals surface area contributed by atoms with Crippen molar-refractivity contribution in [3.05, 3.63) is 106 Å². The van der Waals surface area contributed by atoms with Gasteiger partial charge in [-0.25, -0.2) is 9.67 Å². The summed E-state index contributed by atoms with van der Waals surface area (Å²) in [7, 11) is 1.61. The van der Waals surface area contributed by atoms with Gasteiger partial charge < -0.3 is 9.72 Å². The second-order valence-electron chi connectivity index (χ2n) is 7.69. The maximum absolute atomic E-state index is 12.6. The summed E-state index contributed by atoms with van der Waals surface area (Å²) in [6.45, 7) is 0. The molecule has 0 fully saturated rings. The SMILES string of the molecule is COc1ccc(-c2nn(-c3ccccc3)cc2/C=C(/C#N)c2nc3ccc(Cl)cc3c(=O)[nH]2)cc1. The molecule has 2 aromatic heterocycles. The standard InChI is InChI=1S/C27H18ClN5O2/c1-35-22-10-7-17(8-11-22)25-19(16-33(32-25)21-5-3-2-4-6-21)13-18(15-29)26-30-24-12-9-20(28)14-23(24)27(34)31-26/h2-14,16H,1H3,(H,30,31,34)/b18-13-. The predicted molar refractivity (Wildman–Crippen MR) is 136 cm³/mol. The molecule has 8 heteroatoms. The summed E-state index contributed by atoms with van der Waals surface area (Å²) < 4.78 is 7.02. The Morgan fingerprint density at radius 1 is 1.11 bits per heavy atom. The molecule has 35 heavy (non-hydrogen) atoms. The van der Waals surface area contributed by atoms with Gasteiger partial charge in [0.2, 0.25) is 0 Å². The molecule has 0 aliphatic heterocycles. The monoisotopic (exact) mass is 479 g/mol. The summed E-state index contributed by atoms with van der Waals surface area (Å²) in [6.07, 6.45) is 3.51. The van der Waals surface area contributed by atoms with Crippen molar-refractivity contribution in [2.75, 3.05) is 7.11 Å². The normalized spacial score (nSPS) is 11.4. The van der Waals surface area contributed by atoms with Crippen LogP contribution in [0.5, 0.6) is 5.75 Å². The summed E-state index contributed by atoms with van der Waals surface area (Å²) >= 11 is 6.01. The highest BCUT2D eigenvalue weighted by Gasteiger charge is 2.15. The number of para-hydroxylation sites is 1. The maximum atomic E-state index is 12.6. The molecule has 0 spiro atoms. The fourth-order valence-corrected chi connectivity index (χ4v) is 3.90. The maximum Gasteiger partial charge on any atom is 0.259 e. The van der Waals surface area contributed by atoms with Crippen LogP contribution in [-0.4, -0.2) is 26.9 Å². The molecule has 0 radical (unpaired) electrons. The number of hydrogen-bond donors (Lipinski definition) is 1. The van der Waals surface area contributed by atoms with E-state index >= 15 is 0 Å². The lowest BCUT2D eigenvalue weighted by Crippen LogP contribution is -2.11. The first-order valence-electron chi connectivity index (χ1n) is 10.7. The number of benzene rings is 3. The van der Waals surface area contributed by atoms with Crippen molar-refractivity contribution in [3.8, 4) is 28.8 Å². The molecule has 5 aromatic rings. The lowest BCUT2D eigenvalue weighted by molar-refractivity contribution is 0.415. The minimum Gasteiger partial charge on any atom is -0.497 e. The van der Waals surface area contributed by atoms with Crippen molar-refractivity contribution in [3.63, 3.8) is 0 Å². The second-order valence-corrected chi connectivity index (χ2v) is 8.12. The Balaban J connectivity index is 1.67. The van der Waals surface area contributed by atoms with Crippen LogP contribution < -0.4 is 10.3 Å². The summed E-state index contributed by atoms with van der Waals surface area (Å²) in [5.74, 6) is 0.893. The number of nitrogens with one attached hydrogen (secondary N) is 1. The van der Waals surface area contributed by atoms with Crippen molar-refractivity contribution in [2.24, 2.45) is 0 Å². The van der Waals surface area contributed by atoms with Crippen molar-refractivity contribution < 1.29 is 4.74 Å². The Hall–Kier alpha value is -4.67. The second kappa shape index (κ2) is 9.29. The molecule has 3 aromatic carbocycles. The summed E-state index contributed by atoms with van der Waals surface area (Å²) in [5.41, 5.74) is 3.34. The van der Waals surface area contributed by atoms with Gasteiger partial charge in [-0.3, -0.25) is 4.79 Å². The van der Waals surface area contributed by atoms with E-state index in [0.29, 0.717) is 27.2 Å². The number of hydrogen-bond acceptors (Lipinski definition) is 5. The quantitative estimate of drug-likeness (QED) is 0.335. The summed E-state index contributed by atoms with van der Waals surface area (Å²) in [6, 6.07) is 24.2. The van der Waals surface area contributed by atoms with Crippen molar-refractivity contribution >= 4 is 34.2 Å². The average Bonchev–Trinajstić information content (AvgIpc) is 3.32. The Morgan fingerprint density at radius 3 is 2.60 bits per heavy atom. The molecule has 0 unspecified atom stereocenters. The number of allylic oxidation sites excluding steroid dienone is 1. The Kier molecular flexibility index (Phi) is 5.88. The number of aromatic amines is 1. The Bertz CT molecular complexity index is 1660. The van der Waals surface area contributed by atoms with E-state index in [2.05, 4.69) is 16.0 Å². The molecule has 2 heterocycles. The molecule has 0 saturated heterocycles. The van der Waals surface area contributed by atoms with Crippen LogP contribution in [0.25, 0.3) is 39.5 Å². The van der Waals surface area contributed by atoms with E-state index < -0.39 is 0 Å². The molecule has 1 N–H and O–H groups in total. The van der Waals surface area contributed by atoms with Crippen molar-refractivity contribution in [1.82, 2.24) is 19.7 Å². The first kappa shape index (κ1) is 22.1. The van der Waals surface area contributed by atoms with Gasteiger partial charge in [0.15, 0.2) is 5.82 Å². The van der Waals surface area contributed by atoms with Crippen LogP contribution in [0.2, 0.25) is 5.02 Å². The molecular weight excluding hydrogens is 462 g/mol. The zero-order valence-corrected chi connectivity index (χ0v) is 19.3. The van der Waals surface area contributed by atoms with Gasteiger partial charge >= 0.3 is 0 Å². The van der Waals surface area contributed by atoms with Gasteiger partial charge in [0, 0.05) is 22.3 Å². The van der Waals surface area contributed by atoms with Crippen molar-refractivity contribution in [2.45, 2.75) is 0 Å². The fourth-order valence-electron chi connectivity index (χ4n) is 3.73. The van der Waals surface area contributed by atoms with Gasteiger partial charge in [0.25, 0.3) is 5.56 Å². The number of methoxy groups -OCH3 is 1. The number of aromatic nitrogens is 4. The molecule has 0 aliphatic rings. The number of halogens is 1.